The van der Waals surface area contributed by atoms with Gasteiger partial charge in [0.25, 0.3) is 5.91 Å². The molecule has 35 heavy (non-hydrogen) atoms. The Balaban J connectivity index is 1.66. The van der Waals surface area contributed by atoms with Gasteiger partial charge >= 0.3 is 5.97 Å². The maximum absolute atomic E-state index is 14.2. The van der Waals surface area contributed by atoms with Gasteiger partial charge in [0.1, 0.15) is 11.6 Å². The summed E-state index contributed by atoms with van der Waals surface area (Å²) in [4.78, 5) is 38.3. The third-order valence-corrected chi connectivity index (χ3v) is 6.21. The van der Waals surface area contributed by atoms with Gasteiger partial charge in [0, 0.05) is 43.2 Å². The number of nitrogens with zero attached hydrogens (tertiary/aromatic N) is 1. The number of rotatable bonds is 9. The van der Waals surface area contributed by atoms with Crippen molar-refractivity contribution in [2.45, 2.75) is 52.9 Å². The molecule has 2 aromatic carbocycles. The van der Waals surface area contributed by atoms with Crippen molar-refractivity contribution in [3.63, 3.8) is 0 Å². The molecule has 1 aliphatic heterocycles. The van der Waals surface area contributed by atoms with Crippen molar-refractivity contribution in [1.29, 1.82) is 0 Å². The highest BCUT2D eigenvalue weighted by Crippen LogP contribution is 2.32. The van der Waals surface area contributed by atoms with E-state index in [9.17, 15) is 23.2 Å². The van der Waals surface area contributed by atoms with E-state index in [0.717, 1.165) is 22.9 Å². The number of nitrogens with one attached hydrogen (secondary N) is 1. The third kappa shape index (κ3) is 6.87. The Labute approximate surface area is 204 Å². The molecular weight excluding hydrogens is 454 g/mol. The molecule has 1 N–H and O–H groups in total. The van der Waals surface area contributed by atoms with Crippen LogP contribution < -0.4 is 10.2 Å². The SMILES string of the molecule is CCC(=O)OCCCNC(=O)c1cc(C)c(N2CC(Cc3ccc(F)cc3F)CCC2=O)c(C)c1. The first-order chi connectivity index (χ1) is 16.7. The molecule has 0 bridgehead atoms. The van der Waals surface area contributed by atoms with E-state index in [4.69, 9.17) is 4.74 Å². The average Bonchev–Trinajstić information content (AvgIpc) is 2.81. The minimum Gasteiger partial charge on any atom is -0.466 e. The van der Waals surface area contributed by atoms with Crippen LogP contribution in [0.2, 0.25) is 0 Å². The van der Waals surface area contributed by atoms with Gasteiger partial charge in [-0.1, -0.05) is 13.0 Å². The van der Waals surface area contributed by atoms with Gasteiger partial charge in [-0.05, 0) is 73.9 Å². The molecule has 0 saturated carbocycles. The van der Waals surface area contributed by atoms with Gasteiger partial charge < -0.3 is 15.0 Å². The predicted molar refractivity (Wildman–Crippen MR) is 129 cm³/mol. The van der Waals surface area contributed by atoms with Gasteiger partial charge in [0.05, 0.1) is 6.61 Å². The first kappa shape index (κ1) is 26.3. The number of carbonyl (C=O) groups is 3. The highest BCUT2D eigenvalue weighted by Gasteiger charge is 2.29. The smallest absolute Gasteiger partial charge is 0.305 e. The summed E-state index contributed by atoms with van der Waals surface area (Å²) in [5.74, 6) is -1.65. The van der Waals surface area contributed by atoms with Crippen molar-refractivity contribution in [3.05, 3.63) is 64.2 Å². The Morgan fingerprint density at radius 2 is 1.86 bits per heavy atom. The molecule has 1 heterocycles. The number of esters is 1. The number of hydrogen-bond donors (Lipinski definition) is 1. The van der Waals surface area contributed by atoms with Crippen LogP contribution in [-0.2, 0) is 20.7 Å². The van der Waals surface area contributed by atoms with Crippen molar-refractivity contribution in [1.82, 2.24) is 5.32 Å². The summed E-state index contributed by atoms with van der Waals surface area (Å²) < 4.78 is 32.4. The maximum Gasteiger partial charge on any atom is 0.305 e. The minimum atomic E-state index is -0.609. The number of anilines is 1. The lowest BCUT2D eigenvalue weighted by Gasteiger charge is -2.35. The molecular formula is C27H32F2N2O4. The quantitative estimate of drug-likeness (QED) is 0.414. The number of benzene rings is 2. The van der Waals surface area contributed by atoms with Crippen LogP contribution in [0.25, 0.3) is 0 Å². The topological polar surface area (TPSA) is 75.7 Å². The molecule has 3 rings (SSSR count). The summed E-state index contributed by atoms with van der Waals surface area (Å²) in [5.41, 5.74) is 3.30. The van der Waals surface area contributed by atoms with E-state index in [1.807, 2.05) is 13.8 Å². The van der Waals surface area contributed by atoms with Crippen molar-refractivity contribution < 1.29 is 27.9 Å². The van der Waals surface area contributed by atoms with Crippen LogP contribution in [0.3, 0.4) is 0 Å². The van der Waals surface area contributed by atoms with Gasteiger partial charge in [-0.3, -0.25) is 14.4 Å². The zero-order valence-electron chi connectivity index (χ0n) is 20.5. The average molecular weight is 487 g/mol. The van der Waals surface area contributed by atoms with Gasteiger partial charge in [-0.25, -0.2) is 8.78 Å². The van der Waals surface area contributed by atoms with Gasteiger partial charge in [-0.15, -0.1) is 0 Å². The number of amides is 2. The molecule has 1 atom stereocenters. The molecule has 2 aromatic rings. The molecule has 1 fully saturated rings. The highest BCUT2D eigenvalue weighted by molar-refractivity contribution is 5.98. The monoisotopic (exact) mass is 486 g/mol. The van der Waals surface area contributed by atoms with Gasteiger partial charge in [0.2, 0.25) is 5.91 Å². The van der Waals surface area contributed by atoms with Gasteiger partial charge in [0.15, 0.2) is 0 Å². The fourth-order valence-electron chi connectivity index (χ4n) is 4.47. The number of aryl methyl sites for hydroxylation is 2. The zero-order chi connectivity index (χ0) is 25.5. The zero-order valence-corrected chi connectivity index (χ0v) is 20.5. The lowest BCUT2D eigenvalue weighted by atomic mass is 9.89. The molecule has 1 aliphatic rings. The van der Waals surface area contributed by atoms with Crippen LogP contribution in [0.15, 0.2) is 30.3 Å². The number of hydrogen-bond acceptors (Lipinski definition) is 4. The molecule has 188 valence electrons. The minimum absolute atomic E-state index is 0.00847. The van der Waals surface area contributed by atoms with Crippen LogP contribution in [0, 0.1) is 31.4 Å². The number of carbonyl (C=O) groups excluding carboxylic acids is 3. The molecule has 2 amide bonds. The summed E-state index contributed by atoms with van der Waals surface area (Å²) in [5, 5.41) is 2.82. The van der Waals surface area contributed by atoms with Crippen molar-refractivity contribution in [2.24, 2.45) is 5.92 Å². The first-order valence-electron chi connectivity index (χ1n) is 12.0. The number of ether oxygens (including phenoxy) is 1. The van der Waals surface area contributed by atoms with E-state index >= 15 is 0 Å². The van der Waals surface area contributed by atoms with E-state index in [0.29, 0.717) is 56.3 Å². The third-order valence-electron chi connectivity index (χ3n) is 6.21. The molecule has 0 aromatic heterocycles. The summed E-state index contributed by atoms with van der Waals surface area (Å²) in [7, 11) is 0. The van der Waals surface area contributed by atoms with Crippen LogP contribution in [0.4, 0.5) is 14.5 Å². The van der Waals surface area contributed by atoms with Crippen molar-refractivity contribution in [3.8, 4) is 0 Å². The second-order valence-electron chi connectivity index (χ2n) is 8.99. The molecule has 1 saturated heterocycles. The van der Waals surface area contributed by atoms with Crippen LogP contribution >= 0.6 is 0 Å². The summed E-state index contributed by atoms with van der Waals surface area (Å²) in [6.45, 7) is 6.51. The largest absolute Gasteiger partial charge is 0.466 e. The summed E-state index contributed by atoms with van der Waals surface area (Å²) >= 11 is 0. The Bertz CT molecular complexity index is 1080. The summed E-state index contributed by atoms with van der Waals surface area (Å²) in [6.07, 6.45) is 2.24. The second kappa shape index (κ2) is 11.9. The van der Waals surface area contributed by atoms with Crippen LogP contribution in [0.1, 0.15) is 59.7 Å². The fraction of sp³-hybridized carbons (Fsp3) is 0.444. The van der Waals surface area contributed by atoms with E-state index in [-0.39, 0.29) is 30.3 Å². The van der Waals surface area contributed by atoms with E-state index in [2.05, 4.69) is 5.32 Å². The highest BCUT2D eigenvalue weighted by atomic mass is 19.1. The Hall–Kier alpha value is -3.29. The second-order valence-corrected chi connectivity index (χ2v) is 8.99. The first-order valence-corrected chi connectivity index (χ1v) is 12.0. The maximum atomic E-state index is 14.2. The van der Waals surface area contributed by atoms with Crippen LogP contribution in [-0.4, -0.2) is 37.5 Å². The van der Waals surface area contributed by atoms with Crippen LogP contribution in [0.5, 0.6) is 0 Å². The normalized spacial score (nSPS) is 15.7. The Morgan fingerprint density at radius 1 is 1.14 bits per heavy atom. The standard InChI is InChI=1S/C27H32F2N2O4/c1-4-25(33)35-11-5-10-30-27(34)21-12-17(2)26(18(3)13-21)31-16-19(6-9-24(31)32)14-20-7-8-22(28)15-23(20)29/h7-8,12-13,15,19H,4-6,9-11,14,16H2,1-3H3,(H,30,34). The van der Waals surface area contributed by atoms with E-state index < -0.39 is 11.6 Å². The molecule has 1 unspecified atom stereocenters. The molecule has 0 spiro atoms. The molecule has 0 radical (unpaired) electrons. The predicted octanol–water partition coefficient (Wildman–Crippen LogP) is 4.64. The number of halogens is 2. The van der Waals surface area contributed by atoms with E-state index in [1.54, 1.807) is 24.0 Å². The fourth-order valence-corrected chi connectivity index (χ4v) is 4.47. The van der Waals surface area contributed by atoms with Crippen molar-refractivity contribution in [2.75, 3.05) is 24.6 Å². The number of piperidine rings is 1. The molecule has 6 nitrogen and oxygen atoms in total. The lowest BCUT2D eigenvalue weighted by molar-refractivity contribution is -0.143. The Kier molecular flexibility index (Phi) is 8.95. The molecule has 0 aliphatic carbocycles. The lowest BCUT2D eigenvalue weighted by Crippen LogP contribution is -2.41. The molecule has 8 heteroatoms. The summed E-state index contributed by atoms with van der Waals surface area (Å²) in [6, 6.07) is 7.11. The van der Waals surface area contributed by atoms with Crippen molar-refractivity contribution >= 4 is 23.5 Å². The van der Waals surface area contributed by atoms with Gasteiger partial charge in [-0.2, -0.15) is 0 Å². The Morgan fingerprint density at radius 3 is 2.51 bits per heavy atom. The van der Waals surface area contributed by atoms with E-state index in [1.165, 1.54) is 12.1 Å².